The second kappa shape index (κ2) is 9.03. The van der Waals surface area contributed by atoms with Gasteiger partial charge in [-0.3, -0.25) is 5.32 Å². The SMILES string of the molecule is CC1(CO)NC(CCc2ccc(OCCOc3ccccc3)cc2)CO1. The minimum absolute atomic E-state index is 0.0104. The second-order valence-electron chi connectivity index (χ2n) is 6.73. The van der Waals surface area contributed by atoms with E-state index in [1.165, 1.54) is 5.56 Å². The van der Waals surface area contributed by atoms with Crippen molar-refractivity contribution in [3.63, 3.8) is 0 Å². The topological polar surface area (TPSA) is 60.0 Å². The van der Waals surface area contributed by atoms with Crippen molar-refractivity contribution < 1.29 is 19.3 Å². The smallest absolute Gasteiger partial charge is 0.140 e. The summed E-state index contributed by atoms with van der Waals surface area (Å²) < 4.78 is 16.9. The molecule has 2 aromatic carbocycles. The van der Waals surface area contributed by atoms with Gasteiger partial charge in [-0.25, -0.2) is 0 Å². The number of rotatable bonds is 9. The molecule has 0 aliphatic carbocycles. The Morgan fingerprint density at radius 2 is 1.69 bits per heavy atom. The van der Waals surface area contributed by atoms with Crippen LogP contribution in [0.5, 0.6) is 11.5 Å². The third-order valence-electron chi connectivity index (χ3n) is 4.48. The van der Waals surface area contributed by atoms with Gasteiger partial charge < -0.3 is 19.3 Å². The first-order valence-electron chi connectivity index (χ1n) is 9.09. The van der Waals surface area contributed by atoms with E-state index in [1.54, 1.807) is 0 Å². The molecule has 0 spiro atoms. The van der Waals surface area contributed by atoms with Gasteiger partial charge in [0.05, 0.1) is 13.2 Å². The zero-order chi connectivity index (χ0) is 18.2. The summed E-state index contributed by atoms with van der Waals surface area (Å²) in [5.41, 5.74) is 0.668. The van der Waals surface area contributed by atoms with Crippen LogP contribution >= 0.6 is 0 Å². The van der Waals surface area contributed by atoms with E-state index >= 15 is 0 Å². The maximum Gasteiger partial charge on any atom is 0.140 e. The molecule has 3 rings (SSSR count). The summed E-state index contributed by atoms with van der Waals surface area (Å²) in [5, 5.41) is 12.6. The van der Waals surface area contributed by atoms with E-state index < -0.39 is 5.72 Å². The van der Waals surface area contributed by atoms with E-state index in [-0.39, 0.29) is 12.6 Å². The summed E-state index contributed by atoms with van der Waals surface area (Å²) >= 11 is 0. The predicted molar refractivity (Wildman–Crippen MR) is 101 cm³/mol. The number of benzene rings is 2. The van der Waals surface area contributed by atoms with Gasteiger partial charge in [-0.05, 0) is 49.6 Å². The third-order valence-corrected chi connectivity index (χ3v) is 4.48. The van der Waals surface area contributed by atoms with Crippen LogP contribution in [-0.4, -0.2) is 43.3 Å². The number of hydrogen-bond donors (Lipinski definition) is 2. The molecule has 2 unspecified atom stereocenters. The first kappa shape index (κ1) is 18.7. The molecule has 1 saturated heterocycles. The van der Waals surface area contributed by atoms with Crippen molar-refractivity contribution in [1.82, 2.24) is 5.32 Å². The minimum atomic E-state index is -0.593. The molecule has 26 heavy (non-hydrogen) atoms. The van der Waals surface area contributed by atoms with Crippen LogP contribution < -0.4 is 14.8 Å². The monoisotopic (exact) mass is 357 g/mol. The molecule has 0 aromatic heterocycles. The van der Waals surface area contributed by atoms with Crippen LogP contribution in [0.25, 0.3) is 0 Å². The second-order valence-corrected chi connectivity index (χ2v) is 6.73. The molecule has 2 N–H and O–H groups in total. The van der Waals surface area contributed by atoms with Gasteiger partial charge >= 0.3 is 0 Å². The molecule has 1 heterocycles. The molecule has 1 fully saturated rings. The fraction of sp³-hybridized carbons (Fsp3) is 0.429. The van der Waals surface area contributed by atoms with Crippen molar-refractivity contribution in [3.8, 4) is 11.5 Å². The number of aliphatic hydroxyl groups excluding tert-OH is 1. The van der Waals surface area contributed by atoms with E-state index in [4.69, 9.17) is 14.2 Å². The van der Waals surface area contributed by atoms with Gasteiger partial charge in [-0.15, -0.1) is 0 Å². The fourth-order valence-electron chi connectivity index (χ4n) is 2.98. The first-order valence-corrected chi connectivity index (χ1v) is 9.09. The van der Waals surface area contributed by atoms with E-state index in [9.17, 15) is 5.11 Å². The van der Waals surface area contributed by atoms with Crippen LogP contribution in [0.15, 0.2) is 54.6 Å². The molecule has 2 aromatic rings. The number of aliphatic hydroxyl groups is 1. The predicted octanol–water partition coefficient (Wildman–Crippen LogP) is 2.77. The Morgan fingerprint density at radius 3 is 2.31 bits per heavy atom. The normalized spacial score (nSPS) is 22.3. The van der Waals surface area contributed by atoms with E-state index in [1.807, 2.05) is 49.4 Å². The molecule has 5 heteroatoms. The van der Waals surface area contributed by atoms with Gasteiger partial charge in [0.2, 0.25) is 0 Å². The zero-order valence-corrected chi connectivity index (χ0v) is 15.2. The van der Waals surface area contributed by atoms with Gasteiger partial charge in [0.1, 0.15) is 30.4 Å². The first-order chi connectivity index (χ1) is 12.7. The lowest BCUT2D eigenvalue weighted by atomic mass is 10.1. The summed E-state index contributed by atoms with van der Waals surface area (Å²) in [4.78, 5) is 0. The molecule has 1 aliphatic heterocycles. The van der Waals surface area contributed by atoms with Crippen LogP contribution in [0, 0.1) is 0 Å². The fourth-order valence-corrected chi connectivity index (χ4v) is 2.98. The highest BCUT2D eigenvalue weighted by molar-refractivity contribution is 5.27. The van der Waals surface area contributed by atoms with Gasteiger partial charge in [0.25, 0.3) is 0 Å². The lowest BCUT2D eigenvalue weighted by molar-refractivity contribution is -0.0366. The molecule has 0 radical (unpaired) electrons. The van der Waals surface area contributed by atoms with Gasteiger partial charge in [-0.1, -0.05) is 30.3 Å². The Bertz CT molecular complexity index is 661. The summed E-state index contributed by atoms with van der Waals surface area (Å²) in [6.45, 7) is 3.53. The molecule has 0 amide bonds. The van der Waals surface area contributed by atoms with Crippen molar-refractivity contribution in [2.45, 2.75) is 31.5 Å². The Labute approximate surface area is 154 Å². The molecule has 0 saturated carbocycles. The van der Waals surface area contributed by atoms with Crippen molar-refractivity contribution in [2.24, 2.45) is 0 Å². The van der Waals surface area contributed by atoms with Crippen LogP contribution in [0.2, 0.25) is 0 Å². The number of nitrogens with one attached hydrogen (secondary N) is 1. The van der Waals surface area contributed by atoms with Crippen LogP contribution in [0.4, 0.5) is 0 Å². The van der Waals surface area contributed by atoms with Crippen molar-refractivity contribution in [3.05, 3.63) is 60.2 Å². The maximum atomic E-state index is 9.30. The largest absolute Gasteiger partial charge is 0.490 e. The standard InChI is InChI=1S/C21H27NO4/c1-21(16-23)22-18(15-26-21)10-7-17-8-11-20(12-9-17)25-14-13-24-19-5-3-2-4-6-19/h2-6,8-9,11-12,18,22-23H,7,10,13-16H2,1H3. The molecule has 0 bridgehead atoms. The Balaban J connectivity index is 1.36. The summed E-state index contributed by atoms with van der Waals surface area (Å²) in [6.07, 6.45) is 1.93. The molecule has 2 atom stereocenters. The molecule has 5 nitrogen and oxygen atoms in total. The van der Waals surface area contributed by atoms with E-state index in [0.29, 0.717) is 19.8 Å². The lowest BCUT2D eigenvalue weighted by Crippen LogP contribution is -2.44. The van der Waals surface area contributed by atoms with E-state index in [2.05, 4.69) is 17.4 Å². The van der Waals surface area contributed by atoms with Crippen molar-refractivity contribution >= 4 is 0 Å². The quantitative estimate of drug-likeness (QED) is 0.676. The van der Waals surface area contributed by atoms with Gasteiger partial charge in [0, 0.05) is 6.04 Å². The highest BCUT2D eigenvalue weighted by Gasteiger charge is 2.34. The lowest BCUT2D eigenvalue weighted by Gasteiger charge is -2.21. The Morgan fingerprint density at radius 1 is 1.04 bits per heavy atom. The summed E-state index contributed by atoms with van der Waals surface area (Å²) in [5.74, 6) is 1.70. The van der Waals surface area contributed by atoms with Gasteiger partial charge in [-0.2, -0.15) is 0 Å². The van der Waals surface area contributed by atoms with Crippen LogP contribution in [0.3, 0.4) is 0 Å². The minimum Gasteiger partial charge on any atom is -0.490 e. The highest BCUT2D eigenvalue weighted by Crippen LogP contribution is 2.19. The number of aryl methyl sites for hydroxylation is 1. The zero-order valence-electron chi connectivity index (χ0n) is 15.2. The molecular formula is C21H27NO4. The third kappa shape index (κ3) is 5.46. The number of ether oxygens (including phenoxy) is 3. The Hall–Kier alpha value is -2.08. The summed E-state index contributed by atoms with van der Waals surface area (Å²) in [7, 11) is 0. The average molecular weight is 357 g/mol. The summed E-state index contributed by atoms with van der Waals surface area (Å²) in [6, 6.07) is 18.2. The number of para-hydroxylation sites is 1. The maximum absolute atomic E-state index is 9.30. The molecular weight excluding hydrogens is 330 g/mol. The van der Waals surface area contributed by atoms with Crippen LogP contribution in [-0.2, 0) is 11.2 Å². The Kier molecular flexibility index (Phi) is 6.50. The molecule has 140 valence electrons. The molecule has 1 aliphatic rings. The van der Waals surface area contributed by atoms with Crippen molar-refractivity contribution in [2.75, 3.05) is 26.4 Å². The van der Waals surface area contributed by atoms with E-state index in [0.717, 1.165) is 24.3 Å². The highest BCUT2D eigenvalue weighted by atomic mass is 16.5. The average Bonchev–Trinajstić information content (AvgIpc) is 3.07. The van der Waals surface area contributed by atoms with Crippen molar-refractivity contribution in [1.29, 1.82) is 0 Å². The number of hydrogen-bond acceptors (Lipinski definition) is 5. The van der Waals surface area contributed by atoms with Crippen LogP contribution in [0.1, 0.15) is 18.9 Å². The van der Waals surface area contributed by atoms with Gasteiger partial charge in [0.15, 0.2) is 0 Å².